The average Bonchev–Trinajstić information content (AvgIpc) is 3.42. The molecule has 0 bridgehead atoms. The van der Waals surface area contributed by atoms with E-state index in [1.54, 1.807) is 17.5 Å². The highest BCUT2D eigenvalue weighted by atomic mass is 32.2. The Morgan fingerprint density at radius 2 is 1.77 bits per heavy atom. The third-order valence-electron chi connectivity index (χ3n) is 6.60. The van der Waals surface area contributed by atoms with Gasteiger partial charge < -0.3 is 14.2 Å². The number of rotatable bonds is 14. The molecule has 0 fully saturated rings. The van der Waals surface area contributed by atoms with Gasteiger partial charge in [0.2, 0.25) is 0 Å². The van der Waals surface area contributed by atoms with Gasteiger partial charge in [0.1, 0.15) is 11.6 Å². The third kappa shape index (κ3) is 8.14. The van der Waals surface area contributed by atoms with E-state index in [0.717, 1.165) is 34.9 Å². The van der Waals surface area contributed by atoms with Crippen molar-refractivity contribution in [3.63, 3.8) is 0 Å². The second-order valence-electron chi connectivity index (χ2n) is 9.61. The number of hydrogen-bond acceptors (Lipinski definition) is 7. The van der Waals surface area contributed by atoms with Gasteiger partial charge in [0, 0.05) is 54.7 Å². The number of carboxylic acids is 1. The van der Waals surface area contributed by atoms with Gasteiger partial charge in [-0.25, -0.2) is 9.78 Å². The predicted octanol–water partition coefficient (Wildman–Crippen LogP) is 8.45. The highest BCUT2D eigenvalue weighted by molar-refractivity contribution is 7.94. The quantitative estimate of drug-likeness (QED) is 0.155. The van der Waals surface area contributed by atoms with E-state index in [1.165, 1.54) is 54.8 Å². The van der Waals surface area contributed by atoms with Crippen LogP contribution in [-0.2, 0) is 17.3 Å². The minimum absolute atomic E-state index is 0.135. The van der Waals surface area contributed by atoms with Gasteiger partial charge >= 0.3 is 5.97 Å². The van der Waals surface area contributed by atoms with E-state index in [4.69, 9.17) is 14.3 Å². The molecule has 0 aliphatic rings. The van der Waals surface area contributed by atoms with Crippen molar-refractivity contribution in [1.29, 1.82) is 0 Å². The smallest absolute Gasteiger partial charge is 0.337 e. The molecule has 0 radical (unpaired) electrons. The van der Waals surface area contributed by atoms with Crippen molar-refractivity contribution < 1.29 is 14.1 Å². The molecular formula is C31H35N3O3S2. The number of hydrogen-bond donors (Lipinski definition) is 1. The Balaban J connectivity index is 1.30. The van der Waals surface area contributed by atoms with Gasteiger partial charge in [0.25, 0.3) is 0 Å². The molecule has 2 aromatic carbocycles. The number of benzene rings is 2. The molecule has 6 nitrogen and oxygen atoms in total. The molecule has 2 heterocycles. The summed E-state index contributed by atoms with van der Waals surface area (Å²) in [5.74, 6) is -0.347. The molecule has 0 saturated carbocycles. The van der Waals surface area contributed by atoms with Crippen molar-refractivity contribution in [1.82, 2.24) is 9.97 Å². The van der Waals surface area contributed by atoms with E-state index in [1.807, 2.05) is 5.38 Å². The first-order valence-electron chi connectivity index (χ1n) is 13.3. The zero-order valence-electron chi connectivity index (χ0n) is 22.7. The molecule has 4 rings (SSSR count). The highest BCUT2D eigenvalue weighted by Crippen LogP contribution is 2.29. The summed E-state index contributed by atoms with van der Waals surface area (Å²) in [5, 5.41) is 12.0. The number of pyridine rings is 1. The maximum atomic E-state index is 11.1. The Kier molecular flexibility index (Phi) is 10.5. The summed E-state index contributed by atoms with van der Waals surface area (Å²) in [6.07, 6.45) is 7.85. The first kappa shape index (κ1) is 28.8. The van der Waals surface area contributed by atoms with Crippen LogP contribution in [0.15, 0.2) is 77.3 Å². The lowest BCUT2D eigenvalue weighted by atomic mass is 9.90. The predicted molar refractivity (Wildman–Crippen MR) is 160 cm³/mol. The number of aromatic carboxylic acids is 1. The van der Waals surface area contributed by atoms with Crippen LogP contribution in [0.5, 0.6) is 0 Å². The molecule has 39 heavy (non-hydrogen) atoms. The second kappa shape index (κ2) is 14.3. The van der Waals surface area contributed by atoms with Crippen LogP contribution in [0, 0.1) is 0 Å². The molecule has 0 aliphatic heterocycles. The van der Waals surface area contributed by atoms with Crippen molar-refractivity contribution in [3.8, 4) is 11.3 Å². The van der Waals surface area contributed by atoms with Gasteiger partial charge in [-0.2, -0.15) is 0 Å². The molecule has 0 aliphatic carbocycles. The molecule has 0 spiro atoms. The van der Waals surface area contributed by atoms with Crippen LogP contribution in [0.3, 0.4) is 0 Å². The Morgan fingerprint density at radius 1 is 1.05 bits per heavy atom. The maximum Gasteiger partial charge on any atom is 0.337 e. The van der Waals surface area contributed by atoms with Crippen LogP contribution in [0.25, 0.3) is 11.3 Å². The van der Waals surface area contributed by atoms with E-state index >= 15 is 0 Å². The molecule has 0 unspecified atom stereocenters. The lowest BCUT2D eigenvalue weighted by Gasteiger charge is -2.21. The topological polar surface area (TPSA) is 75.5 Å². The fourth-order valence-electron chi connectivity index (χ4n) is 4.56. The van der Waals surface area contributed by atoms with Crippen LogP contribution in [-0.4, -0.2) is 28.1 Å². The summed E-state index contributed by atoms with van der Waals surface area (Å²) in [7, 11) is 2.14. The number of thiazole rings is 1. The van der Waals surface area contributed by atoms with Gasteiger partial charge in [0.05, 0.1) is 16.2 Å². The molecule has 4 aromatic rings. The Morgan fingerprint density at radius 3 is 2.44 bits per heavy atom. The molecular weight excluding hydrogens is 526 g/mol. The van der Waals surface area contributed by atoms with Crippen molar-refractivity contribution >= 4 is 35.0 Å². The average molecular weight is 562 g/mol. The molecule has 204 valence electrons. The van der Waals surface area contributed by atoms with Gasteiger partial charge in [-0.05, 0) is 48.1 Å². The summed E-state index contributed by atoms with van der Waals surface area (Å²) in [5.41, 5.74) is 6.04. The van der Waals surface area contributed by atoms with Gasteiger partial charge in [-0.1, -0.05) is 63.1 Å². The lowest BCUT2D eigenvalue weighted by molar-refractivity contribution is 0.0696. The van der Waals surface area contributed by atoms with Gasteiger partial charge in [-0.15, -0.1) is 11.3 Å². The van der Waals surface area contributed by atoms with Crippen LogP contribution < -0.4 is 4.90 Å². The lowest BCUT2D eigenvalue weighted by Crippen LogP contribution is -2.16. The largest absolute Gasteiger partial charge is 0.478 e. The van der Waals surface area contributed by atoms with E-state index in [9.17, 15) is 4.79 Å². The van der Waals surface area contributed by atoms with E-state index in [0.29, 0.717) is 17.4 Å². The fraction of sp³-hybridized carbons (Fsp3) is 0.323. The monoisotopic (exact) mass is 561 g/mol. The zero-order chi connectivity index (χ0) is 27.6. The maximum absolute atomic E-state index is 11.1. The van der Waals surface area contributed by atoms with Crippen molar-refractivity contribution in [3.05, 3.63) is 94.1 Å². The molecule has 0 saturated heterocycles. The van der Waals surface area contributed by atoms with E-state index in [2.05, 4.69) is 79.3 Å². The summed E-state index contributed by atoms with van der Waals surface area (Å²) < 4.78 is 5.67. The number of carboxylic acid groups (broad SMARTS) is 1. The van der Waals surface area contributed by atoms with Crippen LogP contribution in [0.1, 0.15) is 71.9 Å². The molecule has 1 N–H and O–H groups in total. The normalized spacial score (nSPS) is 11.2. The Hall–Kier alpha value is -3.20. The minimum Gasteiger partial charge on any atom is -0.478 e. The SMILES string of the molecule is CCCC(CCC)c1ccc(N(C)Cc2ccc(-c3csc(COSc4cncc(C(=O)O)c4)n3)cc2)cc1. The number of anilines is 1. The van der Waals surface area contributed by atoms with Crippen LogP contribution >= 0.6 is 23.4 Å². The molecule has 0 amide bonds. The second-order valence-corrected chi connectivity index (χ2v) is 11.4. The van der Waals surface area contributed by atoms with Crippen molar-refractivity contribution in [2.75, 3.05) is 11.9 Å². The summed E-state index contributed by atoms with van der Waals surface area (Å²) in [6.45, 7) is 5.69. The fourth-order valence-corrected chi connectivity index (χ4v) is 5.94. The van der Waals surface area contributed by atoms with Crippen LogP contribution in [0.2, 0.25) is 0 Å². The van der Waals surface area contributed by atoms with Crippen LogP contribution in [0.4, 0.5) is 5.69 Å². The van der Waals surface area contributed by atoms with E-state index < -0.39 is 5.97 Å². The summed E-state index contributed by atoms with van der Waals surface area (Å²) >= 11 is 2.64. The van der Waals surface area contributed by atoms with Crippen molar-refractivity contribution in [2.45, 2.75) is 63.5 Å². The first-order chi connectivity index (χ1) is 19.0. The zero-order valence-corrected chi connectivity index (χ0v) is 24.3. The summed E-state index contributed by atoms with van der Waals surface area (Å²) in [6, 6.07) is 19.2. The Bertz CT molecular complexity index is 1330. The molecule has 2 aromatic heterocycles. The number of carbonyl (C=O) groups is 1. The van der Waals surface area contributed by atoms with E-state index in [-0.39, 0.29) is 5.56 Å². The minimum atomic E-state index is -1.01. The third-order valence-corrected chi connectivity index (χ3v) is 8.07. The van der Waals surface area contributed by atoms with Gasteiger partial charge in [-0.3, -0.25) is 4.98 Å². The standard InChI is InChI=1S/C31H35N3O3S2/c1-4-6-23(7-5-2)24-12-14-27(15-13-24)34(3)19-22-8-10-25(11-9-22)29-21-38-30(33-29)20-37-39-28-16-26(31(35)36)17-32-18-28/h8-18,21,23H,4-7,19-20H2,1-3H3,(H,35,36). The van der Waals surface area contributed by atoms with Crippen molar-refractivity contribution in [2.24, 2.45) is 0 Å². The molecule has 0 atom stereocenters. The number of nitrogens with zero attached hydrogens (tertiary/aromatic N) is 3. The highest BCUT2D eigenvalue weighted by Gasteiger charge is 2.11. The number of aromatic nitrogens is 2. The van der Waals surface area contributed by atoms with Gasteiger partial charge in [0.15, 0.2) is 0 Å². The first-order valence-corrected chi connectivity index (χ1v) is 14.9. The summed E-state index contributed by atoms with van der Waals surface area (Å²) in [4.78, 5) is 22.7. The molecule has 8 heteroatoms. The Labute approximate surface area is 239 Å².